The van der Waals surface area contributed by atoms with E-state index in [9.17, 15) is 5.11 Å². The molecule has 0 aliphatic carbocycles. The Morgan fingerprint density at radius 3 is 2.15 bits per heavy atom. The maximum Gasteiger partial charge on any atom is 0.167 e. The van der Waals surface area contributed by atoms with Gasteiger partial charge in [0, 0.05) is 45.8 Å². The molecule has 20 heavy (non-hydrogen) atoms. The molecule has 6 heteroatoms. The van der Waals surface area contributed by atoms with Gasteiger partial charge < -0.3 is 25.8 Å². The second-order valence-corrected chi connectivity index (χ2v) is 5.94. The van der Waals surface area contributed by atoms with E-state index in [0.29, 0.717) is 6.54 Å². The molecule has 0 spiro atoms. The predicted molar refractivity (Wildman–Crippen MR) is 84.0 cm³/mol. The topological polar surface area (TPSA) is 68.8 Å². The van der Waals surface area contributed by atoms with Gasteiger partial charge in [0.2, 0.25) is 0 Å². The van der Waals surface area contributed by atoms with Crippen LogP contribution in [0.2, 0.25) is 0 Å². The number of rotatable bonds is 12. The number of nitrogens with zero attached hydrogens (tertiary/aromatic N) is 1. The van der Waals surface area contributed by atoms with Crippen molar-refractivity contribution in [2.75, 3.05) is 59.9 Å². The first kappa shape index (κ1) is 19.8. The molecule has 1 atom stereocenters. The molecule has 4 N–H and O–H groups in total. The number of hydrogen-bond donors (Lipinski definition) is 4. The van der Waals surface area contributed by atoms with Crippen LogP contribution >= 0.6 is 0 Å². The number of nitrogens with one attached hydrogen (secondary N) is 3. The summed E-state index contributed by atoms with van der Waals surface area (Å²) in [6, 6.07) is 0. The summed E-state index contributed by atoms with van der Waals surface area (Å²) in [5.74, 6) is 0. The van der Waals surface area contributed by atoms with Crippen LogP contribution in [0.4, 0.5) is 0 Å². The number of aliphatic hydroxyl groups is 1. The molecule has 0 aliphatic rings. The first-order chi connectivity index (χ1) is 9.39. The van der Waals surface area contributed by atoms with E-state index in [1.807, 2.05) is 34.9 Å². The van der Waals surface area contributed by atoms with E-state index in [-0.39, 0.29) is 5.60 Å². The van der Waals surface area contributed by atoms with E-state index in [1.54, 1.807) is 0 Å². The zero-order valence-corrected chi connectivity index (χ0v) is 13.8. The van der Waals surface area contributed by atoms with Gasteiger partial charge in [-0.25, -0.2) is 0 Å². The third-order valence-corrected chi connectivity index (χ3v) is 2.74. The molecule has 0 aliphatic heterocycles. The lowest BCUT2D eigenvalue weighted by molar-refractivity contribution is -0.173. The highest BCUT2D eigenvalue weighted by molar-refractivity contribution is 4.66. The Morgan fingerprint density at radius 2 is 1.60 bits per heavy atom. The van der Waals surface area contributed by atoms with E-state index in [4.69, 9.17) is 4.74 Å². The average molecular weight is 290 g/mol. The number of aliphatic hydroxyl groups excluding tert-OH is 1. The van der Waals surface area contributed by atoms with Crippen LogP contribution in [0.1, 0.15) is 20.8 Å². The molecule has 0 heterocycles. The van der Waals surface area contributed by atoms with Gasteiger partial charge in [-0.05, 0) is 34.9 Å². The molecule has 0 aromatic heterocycles. The first-order valence-corrected chi connectivity index (χ1v) is 7.47. The maximum atomic E-state index is 9.98. The van der Waals surface area contributed by atoms with E-state index in [2.05, 4.69) is 20.9 Å². The lowest BCUT2D eigenvalue weighted by atomic mass is 10.2. The third-order valence-electron chi connectivity index (χ3n) is 2.74. The van der Waals surface area contributed by atoms with Crippen LogP contribution in [0.15, 0.2) is 0 Å². The Labute approximate surface area is 124 Å². The molecule has 0 aromatic carbocycles. The molecule has 0 amide bonds. The molecule has 0 radical (unpaired) electrons. The first-order valence-electron chi connectivity index (χ1n) is 7.47. The van der Waals surface area contributed by atoms with Gasteiger partial charge in [-0.1, -0.05) is 0 Å². The van der Waals surface area contributed by atoms with Gasteiger partial charge in [-0.2, -0.15) is 0 Å². The Morgan fingerprint density at radius 1 is 1.00 bits per heavy atom. The average Bonchev–Trinajstić information content (AvgIpc) is 2.33. The van der Waals surface area contributed by atoms with Crippen LogP contribution in [-0.4, -0.2) is 81.8 Å². The van der Waals surface area contributed by atoms with Crippen LogP contribution in [0, 0.1) is 0 Å². The van der Waals surface area contributed by atoms with Gasteiger partial charge in [0.15, 0.2) is 6.29 Å². The van der Waals surface area contributed by atoms with Gasteiger partial charge in [-0.3, -0.25) is 4.90 Å². The summed E-state index contributed by atoms with van der Waals surface area (Å²) in [5.41, 5.74) is -0.320. The van der Waals surface area contributed by atoms with Crippen molar-refractivity contribution in [1.82, 2.24) is 20.9 Å². The van der Waals surface area contributed by atoms with Crippen molar-refractivity contribution in [1.29, 1.82) is 0 Å². The fourth-order valence-corrected chi connectivity index (χ4v) is 1.81. The lowest BCUT2D eigenvalue weighted by Crippen LogP contribution is -2.43. The lowest BCUT2D eigenvalue weighted by Gasteiger charge is -2.29. The Balaban J connectivity index is 4.00. The fraction of sp³-hybridized carbons (Fsp3) is 1.00. The summed E-state index contributed by atoms with van der Waals surface area (Å²) in [4.78, 5) is 2.21. The van der Waals surface area contributed by atoms with Gasteiger partial charge in [0.25, 0.3) is 0 Å². The fourth-order valence-electron chi connectivity index (χ4n) is 1.81. The molecule has 0 bridgehead atoms. The highest BCUT2D eigenvalue weighted by atomic mass is 16.6. The van der Waals surface area contributed by atoms with E-state index in [1.165, 1.54) is 0 Å². The SMILES string of the molecule is CNCCNCCN(CCNC)CC(O)OC(C)(C)C. The molecule has 0 saturated carbocycles. The molecule has 0 saturated heterocycles. The molecule has 0 fully saturated rings. The Kier molecular flexibility index (Phi) is 11.3. The van der Waals surface area contributed by atoms with E-state index < -0.39 is 6.29 Å². The largest absolute Gasteiger partial charge is 0.367 e. The maximum absolute atomic E-state index is 9.98. The van der Waals surface area contributed by atoms with Crippen LogP contribution in [0.3, 0.4) is 0 Å². The van der Waals surface area contributed by atoms with Crippen molar-refractivity contribution >= 4 is 0 Å². The molecule has 122 valence electrons. The monoisotopic (exact) mass is 290 g/mol. The quantitative estimate of drug-likeness (QED) is 0.286. The van der Waals surface area contributed by atoms with Crippen molar-refractivity contribution in [2.24, 2.45) is 0 Å². The minimum absolute atomic E-state index is 0.320. The van der Waals surface area contributed by atoms with Gasteiger partial charge >= 0.3 is 0 Å². The number of hydrogen-bond acceptors (Lipinski definition) is 6. The zero-order chi connectivity index (χ0) is 15.4. The molecular weight excluding hydrogens is 256 g/mol. The highest BCUT2D eigenvalue weighted by Crippen LogP contribution is 2.10. The van der Waals surface area contributed by atoms with Crippen LogP contribution < -0.4 is 16.0 Å². The van der Waals surface area contributed by atoms with Crippen LogP contribution in [0.25, 0.3) is 0 Å². The molecule has 1 unspecified atom stereocenters. The summed E-state index contributed by atoms with van der Waals surface area (Å²) >= 11 is 0. The van der Waals surface area contributed by atoms with Crippen molar-refractivity contribution in [3.63, 3.8) is 0 Å². The van der Waals surface area contributed by atoms with Crippen molar-refractivity contribution < 1.29 is 9.84 Å². The Hall–Kier alpha value is -0.240. The summed E-state index contributed by atoms with van der Waals surface area (Å²) in [5, 5.41) is 19.6. The van der Waals surface area contributed by atoms with Crippen LogP contribution in [-0.2, 0) is 4.74 Å². The highest BCUT2D eigenvalue weighted by Gasteiger charge is 2.18. The predicted octanol–water partition coefficient (Wildman–Crippen LogP) is -0.550. The molecule has 0 aromatic rings. The number of likely N-dealkylation sites (N-methyl/N-ethyl adjacent to an activating group) is 2. The summed E-state index contributed by atoms with van der Waals surface area (Å²) in [6.07, 6.45) is -0.746. The van der Waals surface area contributed by atoms with Crippen molar-refractivity contribution in [3.05, 3.63) is 0 Å². The van der Waals surface area contributed by atoms with Crippen molar-refractivity contribution in [2.45, 2.75) is 32.7 Å². The smallest absolute Gasteiger partial charge is 0.167 e. The molecular formula is C14H34N4O2. The Bertz CT molecular complexity index is 222. The summed E-state index contributed by atoms with van der Waals surface area (Å²) < 4.78 is 5.56. The molecule has 6 nitrogen and oxygen atoms in total. The van der Waals surface area contributed by atoms with E-state index in [0.717, 1.165) is 39.3 Å². The third kappa shape index (κ3) is 12.8. The van der Waals surface area contributed by atoms with Crippen LogP contribution in [0.5, 0.6) is 0 Å². The van der Waals surface area contributed by atoms with Crippen molar-refractivity contribution in [3.8, 4) is 0 Å². The summed E-state index contributed by atoms with van der Waals surface area (Å²) in [6.45, 7) is 11.9. The summed E-state index contributed by atoms with van der Waals surface area (Å²) in [7, 11) is 3.88. The zero-order valence-electron chi connectivity index (χ0n) is 13.8. The second kappa shape index (κ2) is 11.4. The molecule has 0 rings (SSSR count). The minimum Gasteiger partial charge on any atom is -0.367 e. The van der Waals surface area contributed by atoms with Gasteiger partial charge in [-0.15, -0.1) is 0 Å². The number of ether oxygens (including phenoxy) is 1. The van der Waals surface area contributed by atoms with Gasteiger partial charge in [0.1, 0.15) is 0 Å². The standard InChI is InChI=1S/C14H34N4O2/c1-14(2,3)20-13(19)12-18(10-8-16-5)11-9-17-7-6-15-4/h13,15-17,19H,6-12H2,1-5H3. The normalized spacial score (nSPS) is 13.9. The second-order valence-electron chi connectivity index (χ2n) is 5.94. The van der Waals surface area contributed by atoms with E-state index >= 15 is 0 Å². The minimum atomic E-state index is -0.746. The van der Waals surface area contributed by atoms with Gasteiger partial charge in [0.05, 0.1) is 5.60 Å².